The molecule has 1 unspecified atom stereocenters. The van der Waals surface area contributed by atoms with Crippen molar-refractivity contribution in [2.45, 2.75) is 75.9 Å². The molecule has 1 fully saturated rings. The van der Waals surface area contributed by atoms with Gasteiger partial charge in [-0.2, -0.15) is 0 Å². The van der Waals surface area contributed by atoms with Crippen molar-refractivity contribution < 1.29 is 4.74 Å². The van der Waals surface area contributed by atoms with Crippen LogP contribution in [0.25, 0.3) is 0 Å². The fourth-order valence-corrected chi connectivity index (χ4v) is 3.66. The quantitative estimate of drug-likeness (QED) is 0.459. The van der Waals surface area contributed by atoms with Crippen molar-refractivity contribution in [1.82, 2.24) is 5.43 Å². The molecule has 0 saturated heterocycles. The van der Waals surface area contributed by atoms with Crippen LogP contribution in [0.1, 0.15) is 64.2 Å². The molecule has 1 saturated carbocycles. The smallest absolute Gasteiger partial charge is 0.0882 e. The lowest BCUT2D eigenvalue weighted by Gasteiger charge is -2.43. The van der Waals surface area contributed by atoms with Gasteiger partial charge in [0, 0.05) is 7.11 Å². The molecule has 0 bridgehead atoms. The van der Waals surface area contributed by atoms with Crippen LogP contribution in [0.4, 0.5) is 0 Å². The van der Waals surface area contributed by atoms with Crippen molar-refractivity contribution in [2.24, 2.45) is 5.84 Å². The molecular weight excluding hydrogens is 224 g/mol. The van der Waals surface area contributed by atoms with Gasteiger partial charge in [-0.3, -0.25) is 11.3 Å². The van der Waals surface area contributed by atoms with Crippen LogP contribution in [0.3, 0.4) is 0 Å². The monoisotopic (exact) mass is 252 g/mol. The molecule has 0 aromatic heterocycles. The number of ether oxygens (including phenoxy) is 1. The number of hydrazine groups is 1. The average molecular weight is 252 g/mol. The van der Waals surface area contributed by atoms with E-state index in [0.29, 0.717) is 0 Å². The number of allylic oxidation sites excluding steroid dienone is 1. The third kappa shape index (κ3) is 2.95. The molecule has 2 aliphatic rings. The predicted molar refractivity (Wildman–Crippen MR) is 75.1 cm³/mol. The van der Waals surface area contributed by atoms with Gasteiger partial charge in [0.05, 0.1) is 11.6 Å². The van der Waals surface area contributed by atoms with E-state index in [1.165, 1.54) is 56.9 Å². The van der Waals surface area contributed by atoms with Crippen molar-refractivity contribution in [1.29, 1.82) is 0 Å². The lowest BCUT2D eigenvalue weighted by atomic mass is 9.76. The van der Waals surface area contributed by atoms with Gasteiger partial charge in [0.2, 0.25) is 0 Å². The molecule has 0 aliphatic heterocycles. The third-order valence-corrected chi connectivity index (χ3v) is 4.75. The maximum Gasteiger partial charge on any atom is 0.0882 e. The minimum absolute atomic E-state index is 0.0663. The van der Waals surface area contributed by atoms with Gasteiger partial charge in [-0.25, -0.2) is 0 Å². The highest BCUT2D eigenvalue weighted by atomic mass is 16.5. The zero-order valence-corrected chi connectivity index (χ0v) is 11.7. The van der Waals surface area contributed by atoms with Crippen LogP contribution in [0.5, 0.6) is 0 Å². The molecule has 2 rings (SSSR count). The molecule has 2 aliphatic carbocycles. The number of rotatable bonds is 4. The second-order valence-electron chi connectivity index (χ2n) is 5.81. The first kappa shape index (κ1) is 14.0. The van der Waals surface area contributed by atoms with Crippen LogP contribution in [0, 0.1) is 0 Å². The van der Waals surface area contributed by atoms with Crippen LogP contribution in [0.2, 0.25) is 0 Å². The van der Waals surface area contributed by atoms with E-state index < -0.39 is 0 Å². The highest BCUT2D eigenvalue weighted by Gasteiger charge is 2.41. The molecule has 1 atom stereocenters. The molecule has 0 spiro atoms. The van der Waals surface area contributed by atoms with E-state index in [4.69, 9.17) is 10.6 Å². The van der Waals surface area contributed by atoms with E-state index in [1.54, 1.807) is 0 Å². The van der Waals surface area contributed by atoms with E-state index in [1.807, 2.05) is 7.11 Å². The number of hydrogen-bond acceptors (Lipinski definition) is 3. The zero-order chi connectivity index (χ0) is 12.8. The standard InChI is InChI=1S/C15H28N2O/c1-18-15(11-7-4-8-12-15)14(17-16)13-9-5-2-3-6-10-13/h9,14,17H,2-8,10-12,16H2,1H3. The summed E-state index contributed by atoms with van der Waals surface area (Å²) >= 11 is 0. The van der Waals surface area contributed by atoms with Gasteiger partial charge >= 0.3 is 0 Å². The first-order valence-electron chi connectivity index (χ1n) is 7.52. The minimum atomic E-state index is -0.0663. The van der Waals surface area contributed by atoms with Gasteiger partial charge in [-0.15, -0.1) is 0 Å². The van der Waals surface area contributed by atoms with E-state index in [0.717, 1.165) is 12.8 Å². The first-order chi connectivity index (χ1) is 8.82. The Morgan fingerprint density at radius 3 is 2.56 bits per heavy atom. The Morgan fingerprint density at radius 2 is 1.89 bits per heavy atom. The van der Waals surface area contributed by atoms with Crippen molar-refractivity contribution in [2.75, 3.05) is 7.11 Å². The summed E-state index contributed by atoms with van der Waals surface area (Å²) in [5.74, 6) is 5.88. The summed E-state index contributed by atoms with van der Waals surface area (Å²) in [5.41, 5.74) is 4.49. The molecule has 0 heterocycles. The molecule has 0 radical (unpaired) electrons. The molecule has 18 heavy (non-hydrogen) atoms. The number of methoxy groups -OCH3 is 1. The molecule has 0 aromatic carbocycles. The third-order valence-electron chi connectivity index (χ3n) is 4.75. The first-order valence-corrected chi connectivity index (χ1v) is 7.52. The Labute approximate surface area is 111 Å². The van der Waals surface area contributed by atoms with Crippen LogP contribution < -0.4 is 11.3 Å². The molecule has 104 valence electrons. The lowest BCUT2D eigenvalue weighted by Crippen LogP contribution is -2.56. The van der Waals surface area contributed by atoms with E-state index in [9.17, 15) is 0 Å². The van der Waals surface area contributed by atoms with Gasteiger partial charge in [-0.1, -0.05) is 37.3 Å². The second kappa shape index (κ2) is 6.69. The van der Waals surface area contributed by atoms with Crippen molar-refractivity contribution in [3.63, 3.8) is 0 Å². The normalized spacial score (nSPS) is 26.2. The average Bonchev–Trinajstić information content (AvgIpc) is 2.70. The van der Waals surface area contributed by atoms with Crippen LogP contribution in [0.15, 0.2) is 11.6 Å². The number of hydrogen-bond donors (Lipinski definition) is 2. The van der Waals surface area contributed by atoms with Crippen LogP contribution >= 0.6 is 0 Å². The van der Waals surface area contributed by atoms with E-state index in [2.05, 4.69) is 11.5 Å². The zero-order valence-electron chi connectivity index (χ0n) is 11.7. The van der Waals surface area contributed by atoms with E-state index in [-0.39, 0.29) is 11.6 Å². The highest BCUT2D eigenvalue weighted by Crippen LogP contribution is 2.38. The largest absolute Gasteiger partial charge is 0.376 e. The Balaban J connectivity index is 2.16. The molecule has 3 nitrogen and oxygen atoms in total. The minimum Gasteiger partial charge on any atom is -0.376 e. The summed E-state index contributed by atoms with van der Waals surface area (Å²) in [7, 11) is 1.85. The summed E-state index contributed by atoms with van der Waals surface area (Å²) < 4.78 is 5.94. The Morgan fingerprint density at radius 1 is 1.17 bits per heavy atom. The summed E-state index contributed by atoms with van der Waals surface area (Å²) in [5, 5.41) is 0. The number of nitrogens with two attached hydrogens (primary N) is 1. The molecular formula is C15H28N2O. The number of nitrogens with one attached hydrogen (secondary N) is 1. The Kier molecular flexibility index (Phi) is 5.22. The topological polar surface area (TPSA) is 47.3 Å². The van der Waals surface area contributed by atoms with Gasteiger partial charge in [0.1, 0.15) is 0 Å². The Bertz CT molecular complexity index is 282. The van der Waals surface area contributed by atoms with Crippen LogP contribution in [-0.4, -0.2) is 18.8 Å². The lowest BCUT2D eigenvalue weighted by molar-refractivity contribution is -0.0593. The summed E-state index contributed by atoms with van der Waals surface area (Å²) in [6, 6.07) is 0.209. The van der Waals surface area contributed by atoms with Crippen molar-refractivity contribution in [3.8, 4) is 0 Å². The molecule has 3 N–H and O–H groups in total. The second-order valence-corrected chi connectivity index (χ2v) is 5.81. The Hall–Kier alpha value is -0.380. The molecule has 0 amide bonds. The molecule has 3 heteroatoms. The summed E-state index contributed by atoms with van der Waals surface area (Å²) in [6.45, 7) is 0. The summed E-state index contributed by atoms with van der Waals surface area (Å²) in [4.78, 5) is 0. The van der Waals surface area contributed by atoms with Gasteiger partial charge in [0.25, 0.3) is 0 Å². The summed E-state index contributed by atoms with van der Waals surface area (Å²) in [6.07, 6.45) is 14.9. The van der Waals surface area contributed by atoms with Crippen molar-refractivity contribution in [3.05, 3.63) is 11.6 Å². The van der Waals surface area contributed by atoms with Crippen LogP contribution in [-0.2, 0) is 4.74 Å². The fraction of sp³-hybridized carbons (Fsp3) is 0.867. The molecule has 0 aromatic rings. The van der Waals surface area contributed by atoms with E-state index >= 15 is 0 Å². The van der Waals surface area contributed by atoms with Crippen molar-refractivity contribution >= 4 is 0 Å². The van der Waals surface area contributed by atoms with Gasteiger partial charge < -0.3 is 4.74 Å². The predicted octanol–water partition coefficient (Wildman–Crippen LogP) is 3.06. The van der Waals surface area contributed by atoms with Gasteiger partial charge in [-0.05, 0) is 38.5 Å². The highest BCUT2D eigenvalue weighted by molar-refractivity contribution is 5.19. The maximum atomic E-state index is 5.94. The fourth-order valence-electron chi connectivity index (χ4n) is 3.66. The van der Waals surface area contributed by atoms with Gasteiger partial charge in [0.15, 0.2) is 0 Å². The SMILES string of the molecule is COC1(C(NN)C2=CCCCCC2)CCCCC1. The maximum absolute atomic E-state index is 5.94.